The monoisotopic (exact) mass is 275 g/mol. The molecule has 2 rings (SSSR count). The Hall–Kier alpha value is -1.32. The van der Waals surface area contributed by atoms with Gasteiger partial charge in [0, 0.05) is 18.0 Å². The summed E-state index contributed by atoms with van der Waals surface area (Å²) in [6.45, 7) is 5.47. The van der Waals surface area contributed by atoms with Crippen molar-refractivity contribution in [2.45, 2.75) is 19.9 Å². The molecule has 1 aromatic heterocycles. The third-order valence-electron chi connectivity index (χ3n) is 3.28. The predicted molar refractivity (Wildman–Crippen MR) is 82.0 cm³/mol. The summed E-state index contributed by atoms with van der Waals surface area (Å²) in [5, 5.41) is 2.15. The maximum atomic E-state index is 5.18. The second-order valence-electron chi connectivity index (χ2n) is 4.55. The van der Waals surface area contributed by atoms with E-state index in [-0.39, 0.29) is 0 Å². The van der Waals surface area contributed by atoms with E-state index in [9.17, 15) is 0 Å². The number of hydrogen-bond donors (Lipinski definition) is 0. The summed E-state index contributed by atoms with van der Waals surface area (Å²) in [7, 11) is 1.70. The number of nitrogens with zero attached hydrogens (tertiary/aromatic N) is 1. The van der Waals surface area contributed by atoms with E-state index in [1.807, 2.05) is 23.5 Å². The molecule has 3 heteroatoms. The van der Waals surface area contributed by atoms with Crippen molar-refractivity contribution in [3.8, 4) is 5.75 Å². The van der Waals surface area contributed by atoms with E-state index >= 15 is 0 Å². The fourth-order valence-corrected chi connectivity index (χ4v) is 2.80. The lowest BCUT2D eigenvalue weighted by Crippen LogP contribution is -2.24. The fourth-order valence-electron chi connectivity index (χ4n) is 2.05. The van der Waals surface area contributed by atoms with Crippen LogP contribution in [0.4, 0.5) is 0 Å². The lowest BCUT2D eigenvalue weighted by Gasteiger charge is -2.19. The zero-order chi connectivity index (χ0) is 13.5. The first kappa shape index (κ1) is 14.1. The molecule has 2 aromatic rings. The van der Waals surface area contributed by atoms with Gasteiger partial charge in [-0.2, -0.15) is 0 Å². The SMILES string of the molecule is CCN(CCc1ccc(OC)cc1)Cc1cccs1. The van der Waals surface area contributed by atoms with E-state index in [2.05, 4.69) is 41.5 Å². The second-order valence-corrected chi connectivity index (χ2v) is 5.58. The molecule has 0 saturated carbocycles. The van der Waals surface area contributed by atoms with Crippen LogP contribution in [0.25, 0.3) is 0 Å². The molecule has 0 atom stereocenters. The van der Waals surface area contributed by atoms with E-state index < -0.39 is 0 Å². The Morgan fingerprint density at radius 3 is 2.53 bits per heavy atom. The first-order valence-electron chi connectivity index (χ1n) is 6.69. The third kappa shape index (κ3) is 4.37. The van der Waals surface area contributed by atoms with Gasteiger partial charge < -0.3 is 4.74 Å². The van der Waals surface area contributed by atoms with Gasteiger partial charge in [0.25, 0.3) is 0 Å². The van der Waals surface area contributed by atoms with Crippen LogP contribution in [-0.2, 0) is 13.0 Å². The number of ether oxygens (including phenoxy) is 1. The number of benzene rings is 1. The van der Waals surface area contributed by atoms with Gasteiger partial charge in [0.15, 0.2) is 0 Å². The third-order valence-corrected chi connectivity index (χ3v) is 4.14. The van der Waals surface area contributed by atoms with Crippen molar-refractivity contribution in [3.05, 3.63) is 52.2 Å². The average Bonchev–Trinajstić information content (AvgIpc) is 2.97. The maximum Gasteiger partial charge on any atom is 0.118 e. The van der Waals surface area contributed by atoms with Crippen LogP contribution in [0.15, 0.2) is 41.8 Å². The molecular formula is C16H21NOS. The van der Waals surface area contributed by atoms with Crippen molar-refractivity contribution < 1.29 is 4.74 Å². The van der Waals surface area contributed by atoms with Gasteiger partial charge in [0.1, 0.15) is 5.75 Å². The molecule has 0 aliphatic rings. The summed E-state index contributed by atoms with van der Waals surface area (Å²) < 4.78 is 5.18. The number of methoxy groups -OCH3 is 1. The quantitative estimate of drug-likeness (QED) is 0.761. The predicted octanol–water partition coefficient (Wildman–Crippen LogP) is 3.82. The van der Waals surface area contributed by atoms with Crippen LogP contribution in [0.5, 0.6) is 5.75 Å². The molecule has 0 bridgehead atoms. The van der Waals surface area contributed by atoms with Crippen LogP contribution in [0.3, 0.4) is 0 Å². The number of thiophene rings is 1. The summed E-state index contributed by atoms with van der Waals surface area (Å²) in [6.07, 6.45) is 1.09. The molecule has 0 radical (unpaired) electrons. The highest BCUT2D eigenvalue weighted by atomic mass is 32.1. The molecule has 19 heavy (non-hydrogen) atoms. The van der Waals surface area contributed by atoms with Gasteiger partial charge in [-0.05, 0) is 42.1 Å². The molecule has 102 valence electrons. The average molecular weight is 275 g/mol. The van der Waals surface area contributed by atoms with Crippen LogP contribution in [0.2, 0.25) is 0 Å². The highest BCUT2D eigenvalue weighted by molar-refractivity contribution is 7.09. The molecule has 0 N–H and O–H groups in total. The Morgan fingerprint density at radius 1 is 1.16 bits per heavy atom. The first-order chi connectivity index (χ1) is 9.31. The molecular weight excluding hydrogens is 254 g/mol. The first-order valence-corrected chi connectivity index (χ1v) is 7.57. The number of rotatable bonds is 7. The van der Waals surface area contributed by atoms with E-state index in [1.54, 1.807) is 7.11 Å². The van der Waals surface area contributed by atoms with Crippen molar-refractivity contribution in [3.63, 3.8) is 0 Å². The van der Waals surface area contributed by atoms with Gasteiger partial charge in [-0.15, -0.1) is 11.3 Å². The highest BCUT2D eigenvalue weighted by Crippen LogP contribution is 2.14. The van der Waals surface area contributed by atoms with Crippen molar-refractivity contribution >= 4 is 11.3 Å². The lowest BCUT2D eigenvalue weighted by molar-refractivity contribution is 0.286. The van der Waals surface area contributed by atoms with Gasteiger partial charge in [-0.1, -0.05) is 25.1 Å². The van der Waals surface area contributed by atoms with Crippen LogP contribution in [0.1, 0.15) is 17.4 Å². The Bertz CT molecular complexity index is 464. The molecule has 0 aliphatic carbocycles. The van der Waals surface area contributed by atoms with Crippen LogP contribution in [-0.4, -0.2) is 25.1 Å². The van der Waals surface area contributed by atoms with Gasteiger partial charge in [0.05, 0.1) is 7.11 Å². The Kier molecular flexibility index (Phi) is 5.43. The van der Waals surface area contributed by atoms with E-state index in [1.165, 1.54) is 10.4 Å². The summed E-state index contributed by atoms with van der Waals surface area (Å²) >= 11 is 1.84. The number of hydrogen-bond acceptors (Lipinski definition) is 3. The minimum Gasteiger partial charge on any atom is -0.497 e. The molecule has 2 nitrogen and oxygen atoms in total. The second kappa shape index (κ2) is 7.31. The normalized spacial score (nSPS) is 10.9. The lowest BCUT2D eigenvalue weighted by atomic mass is 10.1. The standard InChI is InChI=1S/C16H21NOS/c1-3-17(13-16-5-4-12-19-16)11-10-14-6-8-15(18-2)9-7-14/h4-9,12H,3,10-11,13H2,1-2H3. The molecule has 0 saturated heterocycles. The van der Waals surface area contributed by atoms with Crippen molar-refractivity contribution in [1.82, 2.24) is 4.90 Å². The molecule has 0 spiro atoms. The fraction of sp³-hybridized carbons (Fsp3) is 0.375. The molecule has 0 amide bonds. The largest absolute Gasteiger partial charge is 0.497 e. The van der Waals surface area contributed by atoms with Crippen LogP contribution in [0, 0.1) is 0 Å². The minimum atomic E-state index is 0.926. The van der Waals surface area contributed by atoms with Gasteiger partial charge in [0.2, 0.25) is 0 Å². The Labute approximate surface area is 119 Å². The topological polar surface area (TPSA) is 12.5 Å². The van der Waals surface area contributed by atoms with Crippen LogP contribution >= 0.6 is 11.3 Å². The van der Waals surface area contributed by atoms with Gasteiger partial charge in [-0.25, -0.2) is 0 Å². The molecule has 1 aromatic carbocycles. The van der Waals surface area contributed by atoms with Crippen molar-refractivity contribution in [2.75, 3.05) is 20.2 Å². The molecule has 0 fully saturated rings. The van der Waals surface area contributed by atoms with Crippen molar-refractivity contribution in [1.29, 1.82) is 0 Å². The zero-order valence-corrected chi connectivity index (χ0v) is 12.5. The number of likely N-dealkylation sites (N-methyl/N-ethyl adjacent to an activating group) is 1. The van der Waals surface area contributed by atoms with Crippen molar-refractivity contribution in [2.24, 2.45) is 0 Å². The molecule has 0 aliphatic heterocycles. The van der Waals surface area contributed by atoms with Crippen LogP contribution < -0.4 is 4.74 Å². The van der Waals surface area contributed by atoms with Gasteiger partial charge in [-0.3, -0.25) is 4.90 Å². The van der Waals surface area contributed by atoms with E-state index in [4.69, 9.17) is 4.74 Å². The highest BCUT2D eigenvalue weighted by Gasteiger charge is 2.05. The summed E-state index contributed by atoms with van der Waals surface area (Å²) in [6, 6.07) is 12.7. The molecule has 1 heterocycles. The minimum absolute atomic E-state index is 0.926. The maximum absolute atomic E-state index is 5.18. The van der Waals surface area contributed by atoms with E-state index in [0.29, 0.717) is 0 Å². The molecule has 0 unspecified atom stereocenters. The summed E-state index contributed by atoms with van der Waals surface area (Å²) in [5.74, 6) is 0.926. The Balaban J connectivity index is 1.84. The zero-order valence-electron chi connectivity index (χ0n) is 11.6. The smallest absolute Gasteiger partial charge is 0.118 e. The van der Waals surface area contributed by atoms with Gasteiger partial charge >= 0.3 is 0 Å². The Morgan fingerprint density at radius 2 is 1.95 bits per heavy atom. The van der Waals surface area contributed by atoms with E-state index in [0.717, 1.165) is 31.8 Å². The summed E-state index contributed by atoms with van der Waals surface area (Å²) in [5.41, 5.74) is 1.37. The summed E-state index contributed by atoms with van der Waals surface area (Å²) in [4.78, 5) is 3.92.